The van der Waals surface area contributed by atoms with Crippen molar-refractivity contribution in [3.63, 3.8) is 0 Å². The molecule has 0 saturated carbocycles. The van der Waals surface area contributed by atoms with Gasteiger partial charge in [0.2, 0.25) is 0 Å². The molecule has 0 aliphatic heterocycles. The minimum absolute atomic E-state index is 0.00474. The van der Waals surface area contributed by atoms with Gasteiger partial charge in [0.05, 0.1) is 6.04 Å². The first kappa shape index (κ1) is 17.3. The van der Waals surface area contributed by atoms with E-state index in [2.05, 4.69) is 10.2 Å². The van der Waals surface area contributed by atoms with Crippen molar-refractivity contribution >= 4 is 17.5 Å². The lowest BCUT2D eigenvalue weighted by Gasteiger charge is -2.25. The van der Waals surface area contributed by atoms with E-state index in [4.69, 9.17) is 16.3 Å². The number of halogens is 1. The van der Waals surface area contributed by atoms with Crippen LogP contribution < -0.4 is 10.1 Å². The van der Waals surface area contributed by atoms with E-state index in [1.807, 2.05) is 68.7 Å². The molecule has 0 aliphatic rings. The van der Waals surface area contributed by atoms with Gasteiger partial charge in [-0.25, -0.2) is 0 Å². The molecule has 1 amide bonds. The van der Waals surface area contributed by atoms with Crippen LogP contribution in [-0.2, 0) is 4.79 Å². The van der Waals surface area contributed by atoms with Crippen molar-refractivity contribution in [3.05, 3.63) is 65.2 Å². The van der Waals surface area contributed by atoms with Crippen LogP contribution in [0.5, 0.6) is 5.75 Å². The molecule has 0 aromatic heterocycles. The van der Waals surface area contributed by atoms with Crippen molar-refractivity contribution in [1.82, 2.24) is 10.2 Å². The number of nitrogens with zero attached hydrogens (tertiary/aromatic N) is 1. The molecule has 0 radical (unpaired) electrons. The summed E-state index contributed by atoms with van der Waals surface area (Å²) in [6.07, 6.45) is 0. The van der Waals surface area contributed by atoms with Crippen LogP contribution in [0.1, 0.15) is 11.6 Å². The Morgan fingerprint density at radius 2 is 1.78 bits per heavy atom. The van der Waals surface area contributed by atoms with Crippen LogP contribution in [-0.4, -0.2) is 38.1 Å². The predicted octanol–water partition coefficient (Wildman–Crippen LogP) is 3.14. The van der Waals surface area contributed by atoms with Crippen LogP contribution in [0.3, 0.4) is 0 Å². The monoisotopic (exact) mass is 332 g/mol. The summed E-state index contributed by atoms with van der Waals surface area (Å²) in [5.74, 6) is 0.541. The van der Waals surface area contributed by atoms with E-state index in [1.54, 1.807) is 0 Å². The van der Waals surface area contributed by atoms with E-state index < -0.39 is 0 Å². The molecular formula is C18H21ClN2O2. The number of benzene rings is 2. The molecule has 5 heteroatoms. The molecule has 0 bridgehead atoms. The first-order valence-corrected chi connectivity index (χ1v) is 7.80. The maximum absolute atomic E-state index is 12.0. The van der Waals surface area contributed by atoms with Gasteiger partial charge >= 0.3 is 0 Å². The van der Waals surface area contributed by atoms with Crippen molar-refractivity contribution < 1.29 is 9.53 Å². The van der Waals surface area contributed by atoms with E-state index >= 15 is 0 Å². The van der Waals surface area contributed by atoms with Gasteiger partial charge in [-0.3, -0.25) is 4.79 Å². The maximum atomic E-state index is 12.0. The Morgan fingerprint density at radius 3 is 2.39 bits per heavy atom. The summed E-state index contributed by atoms with van der Waals surface area (Å²) in [7, 11) is 3.96. The second kappa shape index (κ2) is 8.56. The zero-order valence-electron chi connectivity index (χ0n) is 13.3. The fourth-order valence-electron chi connectivity index (χ4n) is 2.21. The van der Waals surface area contributed by atoms with E-state index in [0.717, 1.165) is 5.56 Å². The van der Waals surface area contributed by atoms with Gasteiger partial charge in [-0.15, -0.1) is 0 Å². The third kappa shape index (κ3) is 5.58. The number of para-hydroxylation sites is 1. The minimum Gasteiger partial charge on any atom is -0.484 e. The summed E-state index contributed by atoms with van der Waals surface area (Å²) in [6.45, 7) is 0.510. The number of rotatable bonds is 7. The molecule has 122 valence electrons. The third-order valence-electron chi connectivity index (χ3n) is 3.48. The molecule has 2 aromatic rings. The maximum Gasteiger partial charge on any atom is 0.258 e. The third-order valence-corrected chi connectivity index (χ3v) is 3.74. The smallest absolute Gasteiger partial charge is 0.258 e. The minimum atomic E-state index is -0.144. The number of hydrogen-bond acceptors (Lipinski definition) is 3. The van der Waals surface area contributed by atoms with Gasteiger partial charge in [-0.05, 0) is 43.9 Å². The quantitative estimate of drug-likeness (QED) is 0.847. The van der Waals surface area contributed by atoms with Crippen molar-refractivity contribution in [2.75, 3.05) is 27.2 Å². The molecule has 0 saturated heterocycles. The van der Waals surface area contributed by atoms with Gasteiger partial charge in [-0.2, -0.15) is 0 Å². The fraction of sp³-hybridized carbons (Fsp3) is 0.278. The molecular weight excluding hydrogens is 312 g/mol. The molecule has 1 N–H and O–H groups in total. The highest BCUT2D eigenvalue weighted by molar-refractivity contribution is 6.30. The Hall–Kier alpha value is -2.04. The molecule has 23 heavy (non-hydrogen) atoms. The van der Waals surface area contributed by atoms with Crippen molar-refractivity contribution in [2.24, 2.45) is 0 Å². The summed E-state index contributed by atoms with van der Waals surface area (Å²) in [4.78, 5) is 14.0. The first-order chi connectivity index (χ1) is 11.1. The predicted molar refractivity (Wildman–Crippen MR) is 92.8 cm³/mol. The van der Waals surface area contributed by atoms with E-state index in [-0.39, 0.29) is 18.6 Å². The molecule has 0 heterocycles. The van der Waals surface area contributed by atoms with Crippen LogP contribution in [0.15, 0.2) is 54.6 Å². The lowest BCUT2D eigenvalue weighted by Crippen LogP contribution is -2.36. The SMILES string of the molecule is CN(C)C(CNC(=O)COc1ccccc1)c1ccc(Cl)cc1. The number of hydrogen-bond donors (Lipinski definition) is 1. The first-order valence-electron chi connectivity index (χ1n) is 7.42. The van der Waals surface area contributed by atoms with Gasteiger partial charge in [0.1, 0.15) is 5.75 Å². The summed E-state index contributed by atoms with van der Waals surface area (Å²) >= 11 is 5.92. The van der Waals surface area contributed by atoms with E-state index in [9.17, 15) is 4.79 Å². The number of nitrogens with one attached hydrogen (secondary N) is 1. The van der Waals surface area contributed by atoms with Crippen molar-refractivity contribution in [3.8, 4) is 5.75 Å². The van der Waals surface area contributed by atoms with Gasteiger partial charge in [-0.1, -0.05) is 41.9 Å². The Kier molecular flexibility index (Phi) is 6.44. The second-order valence-corrected chi connectivity index (χ2v) is 5.87. The van der Waals surface area contributed by atoms with Gasteiger partial charge in [0.25, 0.3) is 5.91 Å². The van der Waals surface area contributed by atoms with Crippen molar-refractivity contribution in [1.29, 1.82) is 0 Å². The Morgan fingerprint density at radius 1 is 1.13 bits per heavy atom. The lowest BCUT2D eigenvalue weighted by atomic mass is 10.1. The highest BCUT2D eigenvalue weighted by atomic mass is 35.5. The van der Waals surface area contributed by atoms with Crippen LogP contribution in [0, 0.1) is 0 Å². The number of carbonyl (C=O) groups is 1. The normalized spacial score (nSPS) is 12.0. The summed E-state index contributed by atoms with van der Waals surface area (Å²) in [5.41, 5.74) is 1.10. The van der Waals surface area contributed by atoms with Crippen molar-refractivity contribution in [2.45, 2.75) is 6.04 Å². The van der Waals surface area contributed by atoms with Crippen LogP contribution in [0.25, 0.3) is 0 Å². The molecule has 2 aromatic carbocycles. The summed E-state index contributed by atoms with van der Waals surface area (Å²) in [6, 6.07) is 17.0. The van der Waals surface area contributed by atoms with E-state index in [1.165, 1.54) is 0 Å². The highest BCUT2D eigenvalue weighted by Gasteiger charge is 2.15. The topological polar surface area (TPSA) is 41.6 Å². The Labute approximate surface area is 142 Å². The fourth-order valence-corrected chi connectivity index (χ4v) is 2.34. The van der Waals surface area contributed by atoms with Gasteiger partial charge in [0.15, 0.2) is 6.61 Å². The zero-order valence-corrected chi connectivity index (χ0v) is 14.1. The number of carbonyl (C=O) groups excluding carboxylic acids is 1. The number of amides is 1. The summed E-state index contributed by atoms with van der Waals surface area (Å²) in [5, 5.41) is 3.61. The van der Waals surface area contributed by atoms with Crippen LogP contribution in [0.2, 0.25) is 5.02 Å². The molecule has 0 spiro atoms. The second-order valence-electron chi connectivity index (χ2n) is 5.44. The average Bonchev–Trinajstić information content (AvgIpc) is 2.55. The standard InChI is InChI=1S/C18H21ClN2O2/c1-21(2)17(14-8-10-15(19)11-9-14)12-20-18(22)13-23-16-6-4-3-5-7-16/h3-11,17H,12-13H2,1-2H3,(H,20,22). The molecule has 2 rings (SSSR count). The zero-order chi connectivity index (χ0) is 16.7. The van der Waals surface area contributed by atoms with Crippen LogP contribution in [0.4, 0.5) is 0 Å². The highest BCUT2D eigenvalue weighted by Crippen LogP contribution is 2.19. The van der Waals surface area contributed by atoms with Gasteiger partial charge in [0, 0.05) is 11.6 Å². The molecule has 0 aliphatic carbocycles. The van der Waals surface area contributed by atoms with Crippen LogP contribution >= 0.6 is 11.6 Å². The molecule has 1 atom stereocenters. The Bertz CT molecular complexity index is 615. The molecule has 0 fully saturated rings. The van der Waals surface area contributed by atoms with E-state index in [0.29, 0.717) is 17.3 Å². The number of ether oxygens (including phenoxy) is 1. The molecule has 4 nitrogen and oxygen atoms in total. The van der Waals surface area contributed by atoms with Gasteiger partial charge < -0.3 is 15.0 Å². The lowest BCUT2D eigenvalue weighted by molar-refractivity contribution is -0.123. The largest absolute Gasteiger partial charge is 0.484 e. The average molecular weight is 333 g/mol. The Balaban J connectivity index is 1.86. The molecule has 1 unspecified atom stereocenters. The number of likely N-dealkylation sites (N-methyl/N-ethyl adjacent to an activating group) is 1. The summed E-state index contributed by atoms with van der Waals surface area (Å²) < 4.78 is 5.44.